The summed E-state index contributed by atoms with van der Waals surface area (Å²) in [5.41, 5.74) is 0.671. The van der Waals surface area contributed by atoms with E-state index in [9.17, 15) is 4.39 Å². The highest BCUT2D eigenvalue weighted by atomic mass is 35.5. The second-order valence-corrected chi connectivity index (χ2v) is 5.85. The first kappa shape index (κ1) is 13.2. The van der Waals surface area contributed by atoms with Crippen LogP contribution < -0.4 is 5.32 Å². The molecule has 1 N–H and O–H groups in total. The van der Waals surface area contributed by atoms with Gasteiger partial charge in [-0.1, -0.05) is 24.6 Å². The molecule has 1 aliphatic heterocycles. The van der Waals surface area contributed by atoms with Crippen LogP contribution in [0.2, 0.25) is 5.02 Å². The lowest BCUT2D eigenvalue weighted by Crippen LogP contribution is -2.36. The minimum atomic E-state index is -0.176. The summed E-state index contributed by atoms with van der Waals surface area (Å²) < 4.78 is 13.7. The molecule has 1 aromatic carbocycles. The Bertz CT molecular complexity index is 365. The Morgan fingerprint density at radius 2 is 2.29 bits per heavy atom. The second-order valence-electron chi connectivity index (χ2n) is 4.37. The topological polar surface area (TPSA) is 12.0 Å². The summed E-state index contributed by atoms with van der Waals surface area (Å²) in [6.45, 7) is 3.07. The largest absolute Gasteiger partial charge is 0.313 e. The van der Waals surface area contributed by atoms with E-state index in [0.29, 0.717) is 22.5 Å². The maximum absolute atomic E-state index is 13.7. The van der Waals surface area contributed by atoms with Crippen molar-refractivity contribution in [2.75, 3.05) is 18.1 Å². The molecule has 4 heteroatoms. The molecule has 0 amide bonds. The molecule has 1 aliphatic rings. The Kier molecular flexibility index (Phi) is 4.71. The van der Waals surface area contributed by atoms with E-state index in [-0.39, 0.29) is 5.82 Å². The molecule has 2 unspecified atom stereocenters. The second kappa shape index (κ2) is 6.07. The van der Waals surface area contributed by atoms with Crippen molar-refractivity contribution in [3.63, 3.8) is 0 Å². The van der Waals surface area contributed by atoms with Crippen LogP contribution in [-0.2, 0) is 6.42 Å². The first-order chi connectivity index (χ1) is 8.22. The van der Waals surface area contributed by atoms with Crippen LogP contribution in [0.1, 0.15) is 12.5 Å². The van der Waals surface area contributed by atoms with Gasteiger partial charge in [-0.3, -0.25) is 0 Å². The summed E-state index contributed by atoms with van der Waals surface area (Å²) in [6.07, 6.45) is 0.732. The van der Waals surface area contributed by atoms with Crippen LogP contribution in [-0.4, -0.2) is 24.1 Å². The van der Waals surface area contributed by atoms with Gasteiger partial charge in [0, 0.05) is 22.4 Å². The third kappa shape index (κ3) is 3.15. The zero-order chi connectivity index (χ0) is 12.3. The number of rotatable bonds is 4. The summed E-state index contributed by atoms with van der Waals surface area (Å²) >= 11 is 8.00. The fourth-order valence-corrected chi connectivity index (χ4v) is 3.95. The molecule has 1 nitrogen and oxygen atoms in total. The minimum Gasteiger partial charge on any atom is -0.313 e. The van der Waals surface area contributed by atoms with Crippen molar-refractivity contribution in [3.05, 3.63) is 34.6 Å². The van der Waals surface area contributed by atoms with Crippen LogP contribution in [0.25, 0.3) is 0 Å². The van der Waals surface area contributed by atoms with Crippen molar-refractivity contribution in [2.24, 2.45) is 5.92 Å². The molecule has 0 aromatic heterocycles. The average Bonchev–Trinajstić information content (AvgIpc) is 2.72. The first-order valence-electron chi connectivity index (χ1n) is 5.96. The minimum absolute atomic E-state index is 0.176. The van der Waals surface area contributed by atoms with Gasteiger partial charge in [0.25, 0.3) is 0 Å². The molecule has 0 spiro atoms. The number of nitrogens with one attached hydrogen (secondary N) is 1. The number of hydrogen-bond acceptors (Lipinski definition) is 2. The predicted octanol–water partition coefficient (Wildman–Crippen LogP) is 3.36. The van der Waals surface area contributed by atoms with Gasteiger partial charge in [-0.05, 0) is 36.8 Å². The standard InChI is InChI=1S/C13H17ClFNS/c1-2-16-13-8-17-7-9(13)6-10-11(14)4-3-5-12(10)15/h3-5,9,13,16H,2,6-8H2,1H3. The molecular weight excluding hydrogens is 257 g/mol. The molecule has 1 heterocycles. The van der Waals surface area contributed by atoms with Crippen LogP contribution >= 0.6 is 23.4 Å². The zero-order valence-corrected chi connectivity index (χ0v) is 11.5. The molecule has 17 heavy (non-hydrogen) atoms. The van der Waals surface area contributed by atoms with E-state index in [2.05, 4.69) is 12.2 Å². The lowest BCUT2D eigenvalue weighted by atomic mass is 9.94. The molecule has 0 radical (unpaired) electrons. The monoisotopic (exact) mass is 273 g/mol. The van der Waals surface area contributed by atoms with Gasteiger partial charge in [-0.25, -0.2) is 4.39 Å². The molecule has 94 valence electrons. The van der Waals surface area contributed by atoms with Crippen molar-refractivity contribution in [1.82, 2.24) is 5.32 Å². The Hall–Kier alpha value is -0.250. The van der Waals surface area contributed by atoms with Gasteiger partial charge in [0.15, 0.2) is 0 Å². The molecule has 0 bridgehead atoms. The van der Waals surface area contributed by atoms with Crippen LogP contribution in [0.3, 0.4) is 0 Å². The molecule has 1 aromatic rings. The van der Waals surface area contributed by atoms with Gasteiger partial charge in [0.1, 0.15) is 5.82 Å². The smallest absolute Gasteiger partial charge is 0.127 e. The van der Waals surface area contributed by atoms with Gasteiger partial charge in [0.2, 0.25) is 0 Å². The fourth-order valence-electron chi connectivity index (χ4n) is 2.28. The van der Waals surface area contributed by atoms with E-state index >= 15 is 0 Å². The van der Waals surface area contributed by atoms with Crippen molar-refractivity contribution in [3.8, 4) is 0 Å². The van der Waals surface area contributed by atoms with Crippen molar-refractivity contribution in [2.45, 2.75) is 19.4 Å². The number of thioether (sulfide) groups is 1. The van der Waals surface area contributed by atoms with Gasteiger partial charge >= 0.3 is 0 Å². The van der Waals surface area contributed by atoms with Gasteiger partial charge in [-0.2, -0.15) is 11.8 Å². The summed E-state index contributed by atoms with van der Waals surface area (Å²) in [7, 11) is 0. The molecule has 2 rings (SSSR count). The third-order valence-electron chi connectivity index (χ3n) is 3.19. The maximum Gasteiger partial charge on any atom is 0.127 e. The lowest BCUT2D eigenvalue weighted by Gasteiger charge is -2.20. The van der Waals surface area contributed by atoms with Crippen LogP contribution in [0.15, 0.2) is 18.2 Å². The first-order valence-corrected chi connectivity index (χ1v) is 7.49. The number of benzene rings is 1. The number of halogens is 2. The highest BCUT2D eigenvalue weighted by Gasteiger charge is 2.28. The van der Waals surface area contributed by atoms with E-state index < -0.39 is 0 Å². The molecule has 0 saturated carbocycles. The van der Waals surface area contributed by atoms with Crippen molar-refractivity contribution >= 4 is 23.4 Å². The summed E-state index contributed by atoms with van der Waals surface area (Å²) in [4.78, 5) is 0. The summed E-state index contributed by atoms with van der Waals surface area (Å²) in [6, 6.07) is 5.41. The van der Waals surface area contributed by atoms with Gasteiger partial charge in [0.05, 0.1) is 0 Å². The van der Waals surface area contributed by atoms with E-state index in [0.717, 1.165) is 24.5 Å². The lowest BCUT2D eigenvalue weighted by molar-refractivity contribution is 0.427. The molecule has 1 saturated heterocycles. The van der Waals surface area contributed by atoms with Crippen LogP contribution in [0, 0.1) is 11.7 Å². The predicted molar refractivity (Wildman–Crippen MR) is 73.4 cm³/mol. The highest BCUT2D eigenvalue weighted by Crippen LogP contribution is 2.30. The molecule has 0 aliphatic carbocycles. The summed E-state index contributed by atoms with van der Waals surface area (Å²) in [5.74, 6) is 2.51. The molecule has 2 atom stereocenters. The molecular formula is C13H17ClFNS. The van der Waals surface area contributed by atoms with Gasteiger partial charge < -0.3 is 5.32 Å². The molecule has 1 fully saturated rings. The van der Waals surface area contributed by atoms with Crippen molar-refractivity contribution < 1.29 is 4.39 Å². The van der Waals surface area contributed by atoms with Crippen LogP contribution in [0.4, 0.5) is 4.39 Å². The van der Waals surface area contributed by atoms with E-state index in [1.54, 1.807) is 12.1 Å². The zero-order valence-electron chi connectivity index (χ0n) is 9.88. The van der Waals surface area contributed by atoms with Gasteiger partial charge in [-0.15, -0.1) is 0 Å². The Morgan fingerprint density at radius 3 is 3.00 bits per heavy atom. The normalized spacial score (nSPS) is 24.2. The Morgan fingerprint density at radius 1 is 1.47 bits per heavy atom. The number of hydrogen-bond donors (Lipinski definition) is 1. The van der Waals surface area contributed by atoms with E-state index in [4.69, 9.17) is 11.6 Å². The van der Waals surface area contributed by atoms with E-state index in [1.807, 2.05) is 11.8 Å². The summed E-state index contributed by atoms with van der Waals surface area (Å²) in [5, 5.41) is 4.02. The Labute approximate surface area is 111 Å². The highest BCUT2D eigenvalue weighted by molar-refractivity contribution is 7.99. The van der Waals surface area contributed by atoms with Crippen LogP contribution in [0.5, 0.6) is 0 Å². The Balaban J connectivity index is 2.09. The van der Waals surface area contributed by atoms with E-state index in [1.165, 1.54) is 6.07 Å². The quantitative estimate of drug-likeness (QED) is 0.903. The third-order valence-corrected chi connectivity index (χ3v) is 4.81. The fraction of sp³-hybridized carbons (Fsp3) is 0.538. The SMILES string of the molecule is CCNC1CSCC1Cc1c(F)cccc1Cl. The van der Waals surface area contributed by atoms with Crippen molar-refractivity contribution in [1.29, 1.82) is 0 Å². The average molecular weight is 274 g/mol. The maximum atomic E-state index is 13.7.